The van der Waals surface area contributed by atoms with E-state index in [2.05, 4.69) is 6.58 Å². The third kappa shape index (κ3) is 5.60. The average molecular weight is 319 g/mol. The first-order chi connectivity index (χ1) is 10.9. The van der Waals surface area contributed by atoms with Gasteiger partial charge in [-0.15, -0.1) is 0 Å². The average Bonchev–Trinajstić information content (AvgIpc) is 2.87. The van der Waals surface area contributed by atoms with Gasteiger partial charge in [-0.25, -0.2) is 0 Å². The van der Waals surface area contributed by atoms with Crippen molar-refractivity contribution in [1.82, 2.24) is 4.90 Å². The number of ketones is 2. The molecule has 0 bridgehead atoms. The topological polar surface area (TPSA) is 74.7 Å². The van der Waals surface area contributed by atoms with E-state index in [1.807, 2.05) is 26.0 Å². The smallest absolute Gasteiger partial charge is 0.257 e. The van der Waals surface area contributed by atoms with E-state index in [9.17, 15) is 14.4 Å². The van der Waals surface area contributed by atoms with Crippen molar-refractivity contribution in [2.45, 2.75) is 39.5 Å². The standard InChI is InChI=1S/C18H25NO4/c1-4-7-16(21)10-17(22)14(3)18(23)19-11-13(2)15(12-19)8-5-6-9-20/h5,8,20H,3-4,6-7,9-12H2,1-2H3. The molecule has 1 aliphatic heterocycles. The monoisotopic (exact) mass is 319 g/mol. The second-order valence-electron chi connectivity index (χ2n) is 5.75. The van der Waals surface area contributed by atoms with E-state index in [1.165, 1.54) is 0 Å². The number of carbonyl (C=O) groups is 3. The van der Waals surface area contributed by atoms with Crippen molar-refractivity contribution in [2.75, 3.05) is 19.7 Å². The molecule has 0 radical (unpaired) electrons. The first-order valence-corrected chi connectivity index (χ1v) is 7.89. The summed E-state index contributed by atoms with van der Waals surface area (Å²) >= 11 is 0. The minimum Gasteiger partial charge on any atom is -0.396 e. The van der Waals surface area contributed by atoms with Gasteiger partial charge >= 0.3 is 0 Å². The molecule has 5 nitrogen and oxygen atoms in total. The number of aliphatic hydroxyl groups excluding tert-OH is 1. The molecule has 0 saturated carbocycles. The van der Waals surface area contributed by atoms with E-state index in [-0.39, 0.29) is 24.4 Å². The van der Waals surface area contributed by atoms with Crippen LogP contribution >= 0.6 is 0 Å². The van der Waals surface area contributed by atoms with Crippen LogP contribution in [0.2, 0.25) is 0 Å². The Balaban J connectivity index is 2.61. The molecule has 5 heteroatoms. The molecule has 0 aromatic rings. The normalized spacial score (nSPS) is 14.7. The predicted octanol–water partition coefficient (Wildman–Crippen LogP) is 1.97. The minimum atomic E-state index is -0.490. The Bertz CT molecular complexity index is 557. The zero-order valence-corrected chi connectivity index (χ0v) is 13.9. The van der Waals surface area contributed by atoms with Gasteiger partial charge in [0.15, 0.2) is 5.78 Å². The number of amides is 1. The van der Waals surface area contributed by atoms with Crippen LogP contribution < -0.4 is 0 Å². The third-order valence-electron chi connectivity index (χ3n) is 3.72. The Kier molecular flexibility index (Phi) is 7.62. The Morgan fingerprint density at radius 1 is 1.30 bits per heavy atom. The third-order valence-corrected chi connectivity index (χ3v) is 3.72. The summed E-state index contributed by atoms with van der Waals surface area (Å²) in [6.45, 7) is 8.33. The van der Waals surface area contributed by atoms with Crippen molar-refractivity contribution >= 4 is 17.5 Å². The van der Waals surface area contributed by atoms with Gasteiger partial charge in [-0.3, -0.25) is 14.4 Å². The van der Waals surface area contributed by atoms with E-state index in [1.54, 1.807) is 4.90 Å². The second kappa shape index (κ2) is 9.20. The van der Waals surface area contributed by atoms with Crippen LogP contribution in [0.25, 0.3) is 0 Å². The molecule has 0 fully saturated rings. The number of hydrogen-bond acceptors (Lipinski definition) is 4. The van der Waals surface area contributed by atoms with Crippen LogP contribution in [-0.2, 0) is 14.4 Å². The largest absolute Gasteiger partial charge is 0.396 e. The van der Waals surface area contributed by atoms with Crippen LogP contribution in [0.5, 0.6) is 0 Å². The highest BCUT2D eigenvalue weighted by Gasteiger charge is 2.27. The molecule has 0 aliphatic carbocycles. The number of hydrogen-bond donors (Lipinski definition) is 1. The molecule has 0 aromatic carbocycles. The van der Waals surface area contributed by atoms with Crippen molar-refractivity contribution in [3.05, 3.63) is 35.5 Å². The van der Waals surface area contributed by atoms with E-state index >= 15 is 0 Å². The van der Waals surface area contributed by atoms with Crippen LogP contribution in [0.1, 0.15) is 39.5 Å². The summed E-state index contributed by atoms with van der Waals surface area (Å²) in [6.07, 6.45) is 5.10. The van der Waals surface area contributed by atoms with Gasteiger partial charge in [0.25, 0.3) is 5.91 Å². The van der Waals surface area contributed by atoms with Gasteiger partial charge in [0.1, 0.15) is 5.78 Å². The van der Waals surface area contributed by atoms with E-state index in [0.717, 1.165) is 11.1 Å². The summed E-state index contributed by atoms with van der Waals surface area (Å²) in [5.74, 6) is -1.06. The van der Waals surface area contributed by atoms with Crippen molar-refractivity contribution < 1.29 is 19.5 Å². The lowest BCUT2D eigenvalue weighted by Gasteiger charge is -2.17. The molecule has 1 aliphatic rings. The summed E-state index contributed by atoms with van der Waals surface area (Å²) in [5.41, 5.74) is 1.94. The molecule has 23 heavy (non-hydrogen) atoms. The van der Waals surface area contributed by atoms with Gasteiger partial charge in [0.05, 0.1) is 12.0 Å². The van der Waals surface area contributed by atoms with E-state index in [4.69, 9.17) is 5.11 Å². The number of Topliss-reactive ketones (excluding diaryl/α,β-unsaturated/α-hetero) is 2. The van der Waals surface area contributed by atoms with Crippen LogP contribution in [0.3, 0.4) is 0 Å². The molecule has 1 amide bonds. The predicted molar refractivity (Wildman–Crippen MR) is 88.8 cm³/mol. The molecule has 0 unspecified atom stereocenters. The zero-order chi connectivity index (χ0) is 17.4. The molecule has 1 rings (SSSR count). The lowest BCUT2D eigenvalue weighted by Crippen LogP contribution is -2.33. The van der Waals surface area contributed by atoms with Gasteiger partial charge in [0, 0.05) is 26.1 Å². The molecular weight excluding hydrogens is 294 g/mol. The molecular formula is C18H25NO4. The van der Waals surface area contributed by atoms with Gasteiger partial charge < -0.3 is 10.0 Å². The fraction of sp³-hybridized carbons (Fsp3) is 0.500. The number of carbonyl (C=O) groups excluding carboxylic acids is 3. The zero-order valence-electron chi connectivity index (χ0n) is 13.9. The van der Waals surface area contributed by atoms with Gasteiger partial charge in [-0.2, -0.15) is 0 Å². The molecule has 0 saturated heterocycles. The first-order valence-electron chi connectivity index (χ1n) is 7.89. The van der Waals surface area contributed by atoms with Crippen molar-refractivity contribution in [3.63, 3.8) is 0 Å². The lowest BCUT2D eigenvalue weighted by molar-refractivity contribution is -0.130. The van der Waals surface area contributed by atoms with Crippen molar-refractivity contribution in [1.29, 1.82) is 0 Å². The minimum absolute atomic E-state index is 0.0859. The summed E-state index contributed by atoms with van der Waals surface area (Å²) in [6, 6.07) is 0. The Morgan fingerprint density at radius 3 is 2.61 bits per heavy atom. The first kappa shape index (κ1) is 19.0. The molecule has 126 valence electrons. The number of nitrogens with zero attached hydrogens (tertiary/aromatic N) is 1. The van der Waals surface area contributed by atoms with Crippen LogP contribution in [0.15, 0.2) is 35.5 Å². The maximum absolute atomic E-state index is 12.4. The highest BCUT2D eigenvalue weighted by molar-refractivity contribution is 6.22. The Labute approximate surface area is 137 Å². The van der Waals surface area contributed by atoms with Gasteiger partial charge in [-0.1, -0.05) is 25.7 Å². The fourth-order valence-corrected chi connectivity index (χ4v) is 2.39. The number of aliphatic hydroxyl groups is 1. The summed E-state index contributed by atoms with van der Waals surface area (Å²) in [4.78, 5) is 37.4. The molecule has 0 spiro atoms. The van der Waals surface area contributed by atoms with Gasteiger partial charge in [0.2, 0.25) is 0 Å². The summed E-state index contributed by atoms with van der Waals surface area (Å²) in [5, 5.41) is 8.78. The Hall–Kier alpha value is -2.01. The van der Waals surface area contributed by atoms with Crippen molar-refractivity contribution in [2.24, 2.45) is 0 Å². The lowest BCUT2D eigenvalue weighted by atomic mass is 10.0. The quantitative estimate of drug-likeness (QED) is 0.400. The van der Waals surface area contributed by atoms with Crippen LogP contribution in [0, 0.1) is 0 Å². The SMILES string of the molecule is C=C(C(=O)CC(=O)CCC)C(=O)N1CC(C)=C(C=CCCO)C1. The molecule has 0 aromatic heterocycles. The fourth-order valence-electron chi connectivity index (χ4n) is 2.39. The second-order valence-corrected chi connectivity index (χ2v) is 5.75. The maximum atomic E-state index is 12.4. The van der Waals surface area contributed by atoms with E-state index in [0.29, 0.717) is 32.4 Å². The Morgan fingerprint density at radius 2 is 2.00 bits per heavy atom. The highest BCUT2D eigenvalue weighted by Crippen LogP contribution is 2.20. The van der Waals surface area contributed by atoms with Crippen LogP contribution in [0.4, 0.5) is 0 Å². The summed E-state index contributed by atoms with van der Waals surface area (Å²) in [7, 11) is 0. The van der Waals surface area contributed by atoms with Crippen molar-refractivity contribution in [3.8, 4) is 0 Å². The summed E-state index contributed by atoms with van der Waals surface area (Å²) < 4.78 is 0. The highest BCUT2D eigenvalue weighted by atomic mass is 16.3. The maximum Gasteiger partial charge on any atom is 0.257 e. The number of rotatable bonds is 9. The molecule has 0 atom stereocenters. The van der Waals surface area contributed by atoms with Crippen LogP contribution in [-0.4, -0.2) is 47.2 Å². The van der Waals surface area contributed by atoms with Gasteiger partial charge in [-0.05, 0) is 30.9 Å². The molecule has 1 heterocycles. The molecule has 1 N–H and O–H groups in total. The van der Waals surface area contributed by atoms with E-state index < -0.39 is 11.7 Å².